The first kappa shape index (κ1) is 16.9. The van der Waals surface area contributed by atoms with E-state index in [1.807, 2.05) is 12.1 Å². The molecule has 2 aliphatic heterocycles. The molecule has 2 aliphatic rings. The topological polar surface area (TPSA) is 15.3 Å². The lowest BCUT2D eigenvalue weighted by atomic mass is 9.86. The number of hydrogen-bond acceptors (Lipinski definition) is 2. The highest BCUT2D eigenvalue weighted by atomic mass is 35.5. The van der Waals surface area contributed by atoms with Gasteiger partial charge in [0.1, 0.15) is 0 Å². The van der Waals surface area contributed by atoms with E-state index in [2.05, 4.69) is 60.5 Å². The van der Waals surface area contributed by atoms with E-state index in [0.717, 1.165) is 30.5 Å². The van der Waals surface area contributed by atoms with E-state index in [-0.39, 0.29) is 5.54 Å². The fourth-order valence-electron chi connectivity index (χ4n) is 5.00. The molecule has 2 saturated heterocycles. The second kappa shape index (κ2) is 6.66. The van der Waals surface area contributed by atoms with Crippen LogP contribution in [0.2, 0.25) is 5.02 Å². The van der Waals surface area contributed by atoms with E-state index >= 15 is 0 Å². The molecule has 2 aromatic rings. The van der Waals surface area contributed by atoms with Crippen molar-refractivity contribution in [2.24, 2.45) is 5.92 Å². The Morgan fingerprint density at radius 1 is 1.20 bits per heavy atom. The summed E-state index contributed by atoms with van der Waals surface area (Å²) < 4.78 is 0. The van der Waals surface area contributed by atoms with Crippen molar-refractivity contribution < 1.29 is 0 Å². The van der Waals surface area contributed by atoms with Crippen LogP contribution < -0.4 is 10.2 Å². The molecule has 3 atom stereocenters. The van der Waals surface area contributed by atoms with Crippen LogP contribution in [0.1, 0.15) is 30.9 Å². The van der Waals surface area contributed by atoms with Crippen molar-refractivity contribution in [3.8, 4) is 0 Å². The Bertz CT molecular complexity index is 742. The highest BCUT2D eigenvalue weighted by Gasteiger charge is 2.49. The number of nitrogens with one attached hydrogen (secondary N) is 1. The molecule has 25 heavy (non-hydrogen) atoms. The summed E-state index contributed by atoms with van der Waals surface area (Å²) in [4.78, 5) is 2.74. The Morgan fingerprint density at radius 2 is 2.00 bits per heavy atom. The van der Waals surface area contributed by atoms with Crippen LogP contribution in [0.5, 0.6) is 0 Å². The number of rotatable bonds is 3. The van der Waals surface area contributed by atoms with E-state index in [4.69, 9.17) is 11.6 Å². The molecule has 0 unspecified atom stereocenters. The molecule has 0 radical (unpaired) electrons. The maximum Gasteiger partial charge on any atom is 0.0421 e. The molecule has 132 valence electrons. The van der Waals surface area contributed by atoms with Gasteiger partial charge in [0.05, 0.1) is 0 Å². The van der Waals surface area contributed by atoms with Gasteiger partial charge in [-0.2, -0.15) is 0 Å². The molecule has 0 bridgehead atoms. The van der Waals surface area contributed by atoms with E-state index in [9.17, 15) is 0 Å². The molecule has 2 fully saturated rings. The monoisotopic (exact) mass is 354 g/mol. The van der Waals surface area contributed by atoms with Gasteiger partial charge in [-0.05, 0) is 81.0 Å². The van der Waals surface area contributed by atoms with Crippen molar-refractivity contribution in [2.75, 3.05) is 18.0 Å². The Labute approximate surface area is 156 Å². The quantitative estimate of drug-likeness (QED) is 0.848. The fourth-order valence-corrected chi connectivity index (χ4v) is 5.13. The number of hydrogen-bond donors (Lipinski definition) is 1. The molecule has 3 heteroatoms. The van der Waals surface area contributed by atoms with Crippen molar-refractivity contribution >= 4 is 17.3 Å². The number of fused-ring (bicyclic) bond motifs is 1. The summed E-state index contributed by atoms with van der Waals surface area (Å²) in [5.74, 6) is 0.728. The Morgan fingerprint density at radius 3 is 2.76 bits per heavy atom. The van der Waals surface area contributed by atoms with Gasteiger partial charge in [-0.3, -0.25) is 0 Å². The third-order valence-corrected chi connectivity index (χ3v) is 6.21. The number of piperidine rings is 1. The molecular weight excluding hydrogens is 328 g/mol. The summed E-state index contributed by atoms with van der Waals surface area (Å²) in [5, 5.41) is 4.42. The molecule has 0 amide bonds. The summed E-state index contributed by atoms with van der Waals surface area (Å²) in [6.07, 6.45) is 3.53. The first-order chi connectivity index (χ1) is 12.0. The average Bonchev–Trinajstić information content (AvgIpc) is 2.88. The predicted octanol–water partition coefficient (Wildman–Crippen LogP) is 4.84. The zero-order valence-corrected chi connectivity index (χ0v) is 15.9. The maximum absolute atomic E-state index is 6.09. The number of benzene rings is 2. The summed E-state index contributed by atoms with van der Waals surface area (Å²) in [5.41, 5.74) is 4.23. The maximum atomic E-state index is 6.09. The van der Waals surface area contributed by atoms with Crippen LogP contribution >= 0.6 is 11.6 Å². The van der Waals surface area contributed by atoms with Gasteiger partial charge in [0.25, 0.3) is 0 Å². The largest absolute Gasteiger partial charge is 0.362 e. The minimum atomic E-state index is 0.142. The zero-order chi connectivity index (χ0) is 17.4. The van der Waals surface area contributed by atoms with Gasteiger partial charge in [0.15, 0.2) is 0 Å². The number of halogens is 1. The molecule has 0 spiro atoms. The van der Waals surface area contributed by atoms with Crippen molar-refractivity contribution in [1.29, 1.82) is 0 Å². The van der Waals surface area contributed by atoms with Gasteiger partial charge in [0.2, 0.25) is 0 Å². The third-order valence-electron chi connectivity index (χ3n) is 5.96. The normalized spacial score (nSPS) is 28.8. The van der Waals surface area contributed by atoms with Crippen molar-refractivity contribution in [3.63, 3.8) is 0 Å². The van der Waals surface area contributed by atoms with Gasteiger partial charge >= 0.3 is 0 Å². The molecule has 2 nitrogen and oxygen atoms in total. The minimum absolute atomic E-state index is 0.142. The lowest BCUT2D eigenvalue weighted by Crippen LogP contribution is -2.50. The molecular formula is C22H27ClN2. The van der Waals surface area contributed by atoms with Gasteiger partial charge in [-0.1, -0.05) is 35.9 Å². The van der Waals surface area contributed by atoms with Gasteiger partial charge in [-0.15, -0.1) is 0 Å². The first-order valence-electron chi connectivity index (χ1n) is 9.36. The second-order valence-electron chi connectivity index (χ2n) is 8.03. The van der Waals surface area contributed by atoms with E-state index in [1.165, 1.54) is 29.7 Å². The van der Waals surface area contributed by atoms with Crippen LogP contribution in [0.3, 0.4) is 0 Å². The first-order valence-corrected chi connectivity index (χ1v) is 9.74. The van der Waals surface area contributed by atoms with Crippen molar-refractivity contribution in [2.45, 2.75) is 44.7 Å². The van der Waals surface area contributed by atoms with Crippen LogP contribution in [0, 0.1) is 12.8 Å². The number of aryl methyl sites for hydroxylation is 1. The average molecular weight is 355 g/mol. The number of nitrogens with zero attached hydrogens (tertiary/aromatic N) is 1. The highest BCUT2D eigenvalue weighted by molar-refractivity contribution is 6.30. The molecule has 0 saturated carbocycles. The van der Waals surface area contributed by atoms with Gasteiger partial charge < -0.3 is 10.2 Å². The van der Waals surface area contributed by atoms with Gasteiger partial charge in [-0.25, -0.2) is 0 Å². The molecule has 2 heterocycles. The summed E-state index contributed by atoms with van der Waals surface area (Å²) in [6, 6.07) is 18.1. The lowest BCUT2D eigenvalue weighted by Gasteiger charge is -2.42. The van der Waals surface area contributed by atoms with E-state index in [1.54, 1.807) is 0 Å². The van der Waals surface area contributed by atoms with E-state index in [0.29, 0.717) is 6.04 Å². The predicted molar refractivity (Wildman–Crippen MR) is 107 cm³/mol. The summed E-state index contributed by atoms with van der Waals surface area (Å²) >= 11 is 6.09. The Kier molecular flexibility index (Phi) is 4.51. The van der Waals surface area contributed by atoms with Crippen LogP contribution in [-0.4, -0.2) is 24.7 Å². The number of anilines is 1. The van der Waals surface area contributed by atoms with Crippen LogP contribution in [0.25, 0.3) is 0 Å². The molecule has 4 rings (SSSR count). The minimum Gasteiger partial charge on any atom is -0.362 e. The second-order valence-corrected chi connectivity index (χ2v) is 8.47. The molecule has 1 N–H and O–H groups in total. The van der Waals surface area contributed by atoms with Crippen molar-refractivity contribution in [1.82, 2.24) is 5.32 Å². The SMILES string of the molecule is Cc1cccc(N2[C@H]3CCNC[C@H]3C[C@@]2(C)Cc2ccc(Cl)cc2)c1. The van der Waals surface area contributed by atoms with Crippen LogP contribution in [-0.2, 0) is 6.42 Å². The van der Waals surface area contributed by atoms with Crippen molar-refractivity contribution in [3.05, 3.63) is 64.7 Å². The lowest BCUT2D eigenvalue weighted by molar-refractivity contribution is 0.358. The molecule has 2 aromatic carbocycles. The van der Waals surface area contributed by atoms with Crippen LogP contribution in [0.4, 0.5) is 5.69 Å². The van der Waals surface area contributed by atoms with Gasteiger partial charge in [0, 0.05) is 28.8 Å². The van der Waals surface area contributed by atoms with Crippen LogP contribution in [0.15, 0.2) is 48.5 Å². The third kappa shape index (κ3) is 3.30. The fraction of sp³-hybridized carbons (Fsp3) is 0.455. The highest BCUT2D eigenvalue weighted by Crippen LogP contribution is 2.45. The Balaban J connectivity index is 1.71. The smallest absolute Gasteiger partial charge is 0.0421 e. The van der Waals surface area contributed by atoms with E-state index < -0.39 is 0 Å². The molecule has 0 aromatic heterocycles. The summed E-state index contributed by atoms with van der Waals surface area (Å²) in [6.45, 7) is 6.90. The Hall–Kier alpha value is -1.51. The molecule has 0 aliphatic carbocycles. The standard InChI is InChI=1S/C22H27ClN2/c1-16-4-3-5-20(12-16)25-21-10-11-24-15-18(21)14-22(25,2)13-17-6-8-19(23)9-7-17/h3-9,12,18,21,24H,10-11,13-15H2,1-2H3/t18-,21+,22-/m1/s1. The summed E-state index contributed by atoms with van der Waals surface area (Å²) in [7, 11) is 0. The zero-order valence-electron chi connectivity index (χ0n) is 15.1.